The molecule has 0 radical (unpaired) electrons. The summed E-state index contributed by atoms with van der Waals surface area (Å²) in [7, 11) is 1.70. The molecule has 1 aliphatic rings. The van der Waals surface area contributed by atoms with Gasteiger partial charge >= 0.3 is 6.03 Å². The zero-order valence-electron chi connectivity index (χ0n) is 14.0. The van der Waals surface area contributed by atoms with Gasteiger partial charge in [0.15, 0.2) is 0 Å². The molecular formula is C17H27N3O2. The highest BCUT2D eigenvalue weighted by molar-refractivity contribution is 5.74. The molecule has 1 atom stereocenters. The summed E-state index contributed by atoms with van der Waals surface area (Å²) >= 11 is 0. The molecule has 2 rings (SSSR count). The van der Waals surface area contributed by atoms with Crippen LogP contribution in [0.15, 0.2) is 24.3 Å². The van der Waals surface area contributed by atoms with Crippen LogP contribution < -0.4 is 10.2 Å². The van der Waals surface area contributed by atoms with Gasteiger partial charge in [0.2, 0.25) is 0 Å². The molecule has 0 saturated carbocycles. The zero-order valence-corrected chi connectivity index (χ0v) is 14.0. The lowest BCUT2D eigenvalue weighted by molar-refractivity contribution is 0.0532. The molecule has 22 heavy (non-hydrogen) atoms. The number of benzene rings is 1. The van der Waals surface area contributed by atoms with E-state index < -0.39 is 5.60 Å². The Balaban J connectivity index is 1.83. The predicted molar refractivity (Wildman–Crippen MR) is 89.3 cm³/mol. The first-order chi connectivity index (χ1) is 10.3. The maximum absolute atomic E-state index is 12.0. The third-order valence-corrected chi connectivity index (χ3v) is 3.95. The fourth-order valence-electron chi connectivity index (χ4n) is 3.04. The molecule has 1 heterocycles. The number of nitrogens with zero attached hydrogens (tertiary/aromatic N) is 2. The van der Waals surface area contributed by atoms with Crippen molar-refractivity contribution in [3.05, 3.63) is 29.8 Å². The summed E-state index contributed by atoms with van der Waals surface area (Å²) in [6, 6.07) is 8.75. The summed E-state index contributed by atoms with van der Waals surface area (Å²) in [4.78, 5) is 15.9. The Morgan fingerprint density at radius 2 is 2.14 bits per heavy atom. The number of carbonyl (C=O) groups excluding carboxylic acids is 1. The van der Waals surface area contributed by atoms with E-state index in [1.165, 1.54) is 16.2 Å². The smallest absolute Gasteiger partial charge is 0.317 e. The van der Waals surface area contributed by atoms with Crippen LogP contribution in [0.5, 0.6) is 0 Å². The summed E-state index contributed by atoms with van der Waals surface area (Å²) in [5.74, 6) is 0. The number of anilines is 1. The molecule has 1 aromatic rings. The molecule has 0 aliphatic carbocycles. The summed E-state index contributed by atoms with van der Waals surface area (Å²) in [6.07, 6.45) is 1.06. The van der Waals surface area contributed by atoms with Gasteiger partial charge in [-0.1, -0.05) is 18.2 Å². The fraction of sp³-hybridized carbons (Fsp3) is 0.588. The molecule has 0 saturated heterocycles. The number of likely N-dealkylation sites (N-methyl/N-ethyl adjacent to an activating group) is 1. The lowest BCUT2D eigenvalue weighted by Gasteiger charge is -2.28. The number of amides is 2. The molecule has 0 fully saturated rings. The summed E-state index contributed by atoms with van der Waals surface area (Å²) < 4.78 is 0. The number of carbonyl (C=O) groups is 1. The van der Waals surface area contributed by atoms with Crippen molar-refractivity contribution < 1.29 is 9.90 Å². The van der Waals surface area contributed by atoms with Gasteiger partial charge in [0.05, 0.1) is 12.1 Å². The van der Waals surface area contributed by atoms with Crippen molar-refractivity contribution in [2.45, 2.75) is 38.8 Å². The van der Waals surface area contributed by atoms with Crippen molar-refractivity contribution in [1.29, 1.82) is 0 Å². The van der Waals surface area contributed by atoms with Gasteiger partial charge in [-0.2, -0.15) is 0 Å². The van der Waals surface area contributed by atoms with Crippen molar-refractivity contribution >= 4 is 11.7 Å². The number of urea groups is 1. The highest BCUT2D eigenvalue weighted by Gasteiger charge is 2.25. The van der Waals surface area contributed by atoms with Crippen LogP contribution in [-0.4, -0.2) is 54.4 Å². The third kappa shape index (κ3) is 4.13. The predicted octanol–water partition coefficient (Wildman–Crippen LogP) is 1.85. The first kappa shape index (κ1) is 16.6. The van der Waals surface area contributed by atoms with Crippen LogP contribution in [0.25, 0.3) is 0 Å². The number of hydrogen-bond donors (Lipinski definition) is 2. The van der Waals surface area contributed by atoms with Crippen molar-refractivity contribution in [1.82, 2.24) is 10.2 Å². The maximum atomic E-state index is 12.0. The highest BCUT2D eigenvalue weighted by Crippen LogP contribution is 2.31. The Labute approximate surface area is 132 Å². The first-order valence-corrected chi connectivity index (χ1v) is 7.84. The molecule has 0 bridgehead atoms. The maximum Gasteiger partial charge on any atom is 0.317 e. The average Bonchev–Trinajstić information content (AvgIpc) is 2.73. The van der Waals surface area contributed by atoms with E-state index in [9.17, 15) is 9.90 Å². The van der Waals surface area contributed by atoms with Gasteiger partial charge in [0.1, 0.15) is 0 Å². The largest absolute Gasteiger partial charge is 0.389 e. The Hall–Kier alpha value is -1.75. The molecule has 5 heteroatoms. The molecule has 0 spiro atoms. The van der Waals surface area contributed by atoms with E-state index >= 15 is 0 Å². The lowest BCUT2D eigenvalue weighted by atomic mass is 10.1. The molecule has 5 nitrogen and oxygen atoms in total. The van der Waals surface area contributed by atoms with Crippen LogP contribution in [0.4, 0.5) is 10.5 Å². The molecule has 2 N–H and O–H groups in total. The van der Waals surface area contributed by atoms with Gasteiger partial charge in [-0.05, 0) is 38.8 Å². The molecule has 1 aromatic carbocycles. The molecule has 0 aromatic heterocycles. The summed E-state index contributed by atoms with van der Waals surface area (Å²) in [5.41, 5.74) is 1.77. The third-order valence-electron chi connectivity index (χ3n) is 3.95. The Kier molecular flexibility index (Phi) is 4.96. The fourth-order valence-corrected chi connectivity index (χ4v) is 3.04. The van der Waals surface area contributed by atoms with E-state index in [2.05, 4.69) is 41.4 Å². The van der Waals surface area contributed by atoms with Crippen LogP contribution in [0.1, 0.15) is 26.3 Å². The van der Waals surface area contributed by atoms with E-state index in [0.717, 1.165) is 13.0 Å². The lowest BCUT2D eigenvalue weighted by Crippen LogP contribution is -2.46. The quantitative estimate of drug-likeness (QED) is 0.873. The normalized spacial score (nSPS) is 17.3. The number of hydrogen-bond acceptors (Lipinski definition) is 3. The zero-order chi connectivity index (χ0) is 16.3. The van der Waals surface area contributed by atoms with E-state index in [-0.39, 0.29) is 6.03 Å². The van der Waals surface area contributed by atoms with Crippen molar-refractivity contribution in [2.24, 2.45) is 0 Å². The second-order valence-corrected chi connectivity index (χ2v) is 6.78. The van der Waals surface area contributed by atoms with Gasteiger partial charge in [-0.15, -0.1) is 0 Å². The van der Waals surface area contributed by atoms with Gasteiger partial charge < -0.3 is 20.2 Å². The second-order valence-electron chi connectivity index (χ2n) is 6.78. The minimum atomic E-state index is -0.880. The van der Waals surface area contributed by atoms with Crippen molar-refractivity contribution in [3.8, 4) is 0 Å². The standard InChI is InChI=1S/C17H27N3O2/c1-13-11-14-7-5-6-8-15(14)20(13)10-9-18-16(21)19(4)12-17(2,3)22/h5-8,13,22H,9-12H2,1-4H3,(H,18,21). The van der Waals surface area contributed by atoms with E-state index in [4.69, 9.17) is 0 Å². The molecule has 1 aliphatic heterocycles. The monoisotopic (exact) mass is 305 g/mol. The summed E-state index contributed by atoms with van der Waals surface area (Å²) in [5, 5.41) is 12.7. The second kappa shape index (κ2) is 6.57. The topological polar surface area (TPSA) is 55.8 Å². The van der Waals surface area contributed by atoms with E-state index in [1.54, 1.807) is 20.9 Å². The minimum Gasteiger partial charge on any atom is -0.389 e. The van der Waals surface area contributed by atoms with Gasteiger partial charge in [-0.25, -0.2) is 4.79 Å². The minimum absolute atomic E-state index is 0.151. The van der Waals surface area contributed by atoms with E-state index in [0.29, 0.717) is 19.1 Å². The molecule has 2 amide bonds. The molecule has 122 valence electrons. The van der Waals surface area contributed by atoms with Gasteiger partial charge in [0, 0.05) is 31.9 Å². The molecular weight excluding hydrogens is 278 g/mol. The van der Waals surface area contributed by atoms with Gasteiger partial charge in [0.25, 0.3) is 0 Å². The number of rotatable bonds is 5. The number of para-hydroxylation sites is 1. The van der Waals surface area contributed by atoms with Crippen LogP contribution in [0, 0.1) is 0 Å². The highest BCUT2D eigenvalue weighted by atomic mass is 16.3. The van der Waals surface area contributed by atoms with Crippen LogP contribution in [0.2, 0.25) is 0 Å². The Morgan fingerprint density at radius 1 is 1.45 bits per heavy atom. The van der Waals surface area contributed by atoms with Gasteiger partial charge in [-0.3, -0.25) is 0 Å². The van der Waals surface area contributed by atoms with Crippen molar-refractivity contribution in [3.63, 3.8) is 0 Å². The Morgan fingerprint density at radius 3 is 2.82 bits per heavy atom. The van der Waals surface area contributed by atoms with Crippen LogP contribution >= 0.6 is 0 Å². The van der Waals surface area contributed by atoms with Crippen LogP contribution in [-0.2, 0) is 6.42 Å². The number of nitrogens with one attached hydrogen (secondary N) is 1. The SMILES string of the molecule is CC1Cc2ccccc2N1CCNC(=O)N(C)CC(C)(C)O. The summed E-state index contributed by atoms with van der Waals surface area (Å²) in [6.45, 7) is 7.29. The van der Waals surface area contributed by atoms with Crippen molar-refractivity contribution in [2.75, 3.05) is 31.6 Å². The Bertz CT molecular complexity index is 525. The number of fused-ring (bicyclic) bond motifs is 1. The first-order valence-electron chi connectivity index (χ1n) is 7.84. The van der Waals surface area contributed by atoms with Crippen LogP contribution in [0.3, 0.4) is 0 Å². The molecule has 1 unspecified atom stereocenters. The average molecular weight is 305 g/mol. The van der Waals surface area contributed by atoms with E-state index in [1.807, 2.05) is 0 Å². The number of aliphatic hydroxyl groups is 1.